The number of halogens is 1. The van der Waals surface area contributed by atoms with Crippen LogP contribution in [0.1, 0.15) is 67.8 Å². The third-order valence-electron chi connectivity index (χ3n) is 6.74. The van der Waals surface area contributed by atoms with Crippen LogP contribution in [0.2, 0.25) is 5.02 Å². The molecule has 0 bridgehead atoms. The van der Waals surface area contributed by atoms with Crippen molar-refractivity contribution in [3.8, 4) is 0 Å². The van der Waals surface area contributed by atoms with E-state index in [-0.39, 0.29) is 11.6 Å². The first-order chi connectivity index (χ1) is 13.1. The summed E-state index contributed by atoms with van der Waals surface area (Å²) in [7, 11) is 0. The maximum atomic E-state index is 6.19. The molecule has 4 rings (SSSR count). The molecule has 1 N–H and O–H groups in total. The fraction of sp³-hybridized carbons (Fsp3) is 0.500. The maximum Gasteiger partial charge on any atom is 0.0511 e. The Morgan fingerprint density at radius 2 is 1.70 bits per heavy atom. The number of nitrogens with zero attached hydrogens (tertiary/aromatic N) is 1. The van der Waals surface area contributed by atoms with Crippen LogP contribution in [0, 0.1) is 6.92 Å². The Balaban J connectivity index is 1.66. The molecule has 27 heavy (non-hydrogen) atoms. The van der Waals surface area contributed by atoms with Crippen molar-refractivity contribution in [1.29, 1.82) is 0 Å². The van der Waals surface area contributed by atoms with Gasteiger partial charge in [0.15, 0.2) is 0 Å². The van der Waals surface area contributed by atoms with Crippen molar-refractivity contribution in [1.82, 2.24) is 10.2 Å². The molecule has 1 aliphatic heterocycles. The number of aryl methyl sites for hydroxylation is 1. The average molecular weight is 383 g/mol. The minimum Gasteiger partial charge on any atom is -0.302 e. The fourth-order valence-corrected chi connectivity index (χ4v) is 5.39. The summed E-state index contributed by atoms with van der Waals surface area (Å²) in [5, 5.41) is 4.86. The molecule has 2 atom stereocenters. The zero-order valence-corrected chi connectivity index (χ0v) is 17.3. The van der Waals surface area contributed by atoms with E-state index in [0.717, 1.165) is 5.02 Å². The molecule has 2 unspecified atom stereocenters. The van der Waals surface area contributed by atoms with Crippen molar-refractivity contribution in [3.63, 3.8) is 0 Å². The van der Waals surface area contributed by atoms with Gasteiger partial charge >= 0.3 is 0 Å². The number of nitrogens with one attached hydrogen (secondary N) is 1. The standard InChI is InChI=1S/C24H31ClN2/c1-18-17-21(25)11-12-22(18)19(2)26-23(20-9-4-3-5-10-20)24(13-8-14-24)27-15-6-7-16-27/h3-5,9-12,17,19,23,26H,6-8,13-16H2,1-2H3. The lowest BCUT2D eigenvalue weighted by Gasteiger charge is -2.54. The van der Waals surface area contributed by atoms with E-state index in [9.17, 15) is 0 Å². The molecular weight excluding hydrogens is 352 g/mol. The topological polar surface area (TPSA) is 15.3 Å². The van der Waals surface area contributed by atoms with Crippen molar-refractivity contribution in [2.24, 2.45) is 0 Å². The fourth-order valence-electron chi connectivity index (χ4n) is 5.16. The number of likely N-dealkylation sites (tertiary alicyclic amines) is 1. The molecule has 2 aromatic carbocycles. The predicted octanol–water partition coefficient (Wildman–Crippen LogP) is 6.06. The van der Waals surface area contributed by atoms with Crippen LogP contribution in [-0.4, -0.2) is 23.5 Å². The Labute approximate surface area is 168 Å². The second-order valence-electron chi connectivity index (χ2n) is 8.38. The second kappa shape index (κ2) is 7.95. The Morgan fingerprint density at radius 1 is 1.00 bits per heavy atom. The summed E-state index contributed by atoms with van der Waals surface area (Å²) in [4.78, 5) is 2.78. The van der Waals surface area contributed by atoms with E-state index in [1.165, 1.54) is 61.9 Å². The van der Waals surface area contributed by atoms with Crippen molar-refractivity contribution >= 4 is 11.6 Å². The number of rotatable bonds is 6. The lowest BCUT2D eigenvalue weighted by atomic mass is 9.68. The third-order valence-corrected chi connectivity index (χ3v) is 6.98. The minimum absolute atomic E-state index is 0.270. The van der Waals surface area contributed by atoms with Gasteiger partial charge in [-0.05, 0) is 87.9 Å². The Morgan fingerprint density at radius 3 is 2.30 bits per heavy atom. The number of hydrogen-bond acceptors (Lipinski definition) is 2. The summed E-state index contributed by atoms with van der Waals surface area (Å²) >= 11 is 6.19. The zero-order chi connectivity index (χ0) is 18.9. The van der Waals surface area contributed by atoms with Gasteiger partial charge < -0.3 is 5.32 Å². The summed E-state index contributed by atoms with van der Waals surface area (Å²) in [6, 6.07) is 18.0. The maximum absolute atomic E-state index is 6.19. The first-order valence-corrected chi connectivity index (χ1v) is 10.8. The summed E-state index contributed by atoms with van der Waals surface area (Å²) < 4.78 is 0. The van der Waals surface area contributed by atoms with Crippen LogP contribution < -0.4 is 5.32 Å². The van der Waals surface area contributed by atoms with Crippen LogP contribution in [0.15, 0.2) is 48.5 Å². The normalized spacial score (nSPS) is 21.6. The van der Waals surface area contributed by atoms with Gasteiger partial charge in [-0.1, -0.05) is 48.0 Å². The molecule has 0 radical (unpaired) electrons. The molecule has 0 aromatic heterocycles. The Hall–Kier alpha value is -1.35. The highest BCUT2D eigenvalue weighted by Gasteiger charge is 2.49. The lowest BCUT2D eigenvalue weighted by Crippen LogP contribution is -2.60. The van der Waals surface area contributed by atoms with Crippen LogP contribution in [0.5, 0.6) is 0 Å². The van der Waals surface area contributed by atoms with E-state index in [4.69, 9.17) is 11.6 Å². The summed E-state index contributed by atoms with van der Waals surface area (Å²) in [5.41, 5.74) is 4.30. The van der Waals surface area contributed by atoms with E-state index in [0.29, 0.717) is 6.04 Å². The van der Waals surface area contributed by atoms with Crippen LogP contribution in [-0.2, 0) is 0 Å². The van der Waals surface area contributed by atoms with E-state index in [2.05, 4.69) is 66.5 Å². The molecule has 2 aromatic rings. The first kappa shape index (κ1) is 19.0. The van der Waals surface area contributed by atoms with E-state index >= 15 is 0 Å². The quantitative estimate of drug-likeness (QED) is 0.653. The largest absolute Gasteiger partial charge is 0.302 e. The SMILES string of the molecule is Cc1cc(Cl)ccc1C(C)NC(c1ccccc1)C1(N2CCCC2)CCC1. The average Bonchev–Trinajstić information content (AvgIpc) is 3.15. The van der Waals surface area contributed by atoms with Gasteiger partial charge in [0.05, 0.1) is 6.04 Å². The van der Waals surface area contributed by atoms with Gasteiger partial charge in [0.25, 0.3) is 0 Å². The highest BCUT2D eigenvalue weighted by Crippen LogP contribution is 2.49. The van der Waals surface area contributed by atoms with Crippen LogP contribution in [0.4, 0.5) is 0 Å². The van der Waals surface area contributed by atoms with Gasteiger partial charge in [0, 0.05) is 16.6 Å². The smallest absolute Gasteiger partial charge is 0.0511 e. The van der Waals surface area contributed by atoms with E-state index in [1.807, 2.05) is 6.07 Å². The number of hydrogen-bond donors (Lipinski definition) is 1. The van der Waals surface area contributed by atoms with Gasteiger partial charge in [0.2, 0.25) is 0 Å². The van der Waals surface area contributed by atoms with Gasteiger partial charge in [0.1, 0.15) is 0 Å². The summed E-state index contributed by atoms with van der Waals surface area (Å²) in [6.45, 7) is 6.96. The van der Waals surface area contributed by atoms with Crippen molar-refractivity contribution < 1.29 is 0 Å². The molecule has 0 spiro atoms. The van der Waals surface area contributed by atoms with Crippen molar-refractivity contribution in [3.05, 3.63) is 70.2 Å². The Bertz CT molecular complexity index is 763. The molecule has 1 saturated heterocycles. The minimum atomic E-state index is 0.270. The van der Waals surface area contributed by atoms with Crippen molar-refractivity contribution in [2.75, 3.05) is 13.1 Å². The molecule has 2 fully saturated rings. The van der Waals surface area contributed by atoms with E-state index < -0.39 is 0 Å². The van der Waals surface area contributed by atoms with Crippen LogP contribution >= 0.6 is 11.6 Å². The van der Waals surface area contributed by atoms with E-state index in [1.54, 1.807) is 0 Å². The molecule has 144 valence electrons. The molecule has 2 aliphatic rings. The van der Waals surface area contributed by atoms with Gasteiger partial charge in [-0.2, -0.15) is 0 Å². The molecule has 1 aliphatic carbocycles. The van der Waals surface area contributed by atoms with Gasteiger partial charge in [-0.25, -0.2) is 0 Å². The van der Waals surface area contributed by atoms with Gasteiger partial charge in [-0.3, -0.25) is 4.90 Å². The molecule has 1 saturated carbocycles. The lowest BCUT2D eigenvalue weighted by molar-refractivity contribution is -0.00456. The second-order valence-corrected chi connectivity index (χ2v) is 8.82. The molecule has 0 amide bonds. The summed E-state index contributed by atoms with van der Waals surface area (Å²) in [6.07, 6.45) is 6.62. The van der Waals surface area contributed by atoms with Crippen LogP contribution in [0.25, 0.3) is 0 Å². The highest BCUT2D eigenvalue weighted by molar-refractivity contribution is 6.30. The predicted molar refractivity (Wildman–Crippen MR) is 114 cm³/mol. The first-order valence-electron chi connectivity index (χ1n) is 10.4. The summed E-state index contributed by atoms with van der Waals surface area (Å²) in [5.74, 6) is 0. The third kappa shape index (κ3) is 3.68. The van der Waals surface area contributed by atoms with Crippen LogP contribution in [0.3, 0.4) is 0 Å². The molecule has 1 heterocycles. The molecule has 2 nitrogen and oxygen atoms in total. The zero-order valence-electron chi connectivity index (χ0n) is 16.5. The highest BCUT2D eigenvalue weighted by atomic mass is 35.5. The van der Waals surface area contributed by atoms with Gasteiger partial charge in [-0.15, -0.1) is 0 Å². The molecular formula is C24H31ClN2. The van der Waals surface area contributed by atoms with Crippen molar-refractivity contribution in [2.45, 2.75) is 63.6 Å². The monoisotopic (exact) mass is 382 g/mol. The molecule has 3 heteroatoms. The Kier molecular flexibility index (Phi) is 5.59. The number of benzene rings is 2.